The molecule has 0 aliphatic carbocycles. The molecule has 0 spiro atoms. The molecular formula is C12H14ClFN2O. The quantitative estimate of drug-likeness (QED) is 0.833. The summed E-state index contributed by atoms with van der Waals surface area (Å²) in [6, 6.07) is 4.27. The van der Waals surface area contributed by atoms with Gasteiger partial charge in [0.1, 0.15) is 5.82 Å². The van der Waals surface area contributed by atoms with E-state index >= 15 is 0 Å². The maximum Gasteiger partial charge on any atom is 0.256 e. The van der Waals surface area contributed by atoms with Crippen LogP contribution in [0.5, 0.6) is 0 Å². The summed E-state index contributed by atoms with van der Waals surface area (Å²) in [5, 5.41) is 3.60. The number of hydrogen-bond donors (Lipinski definition) is 1. The monoisotopic (exact) mass is 256 g/mol. The molecular weight excluding hydrogens is 243 g/mol. The van der Waals surface area contributed by atoms with Crippen LogP contribution in [0.2, 0.25) is 5.02 Å². The number of rotatable bonds is 1. The third kappa shape index (κ3) is 2.76. The number of carbonyl (C=O) groups excluding carboxylic acids is 1. The Balaban J connectivity index is 2.21. The number of benzene rings is 1. The zero-order chi connectivity index (χ0) is 12.4. The van der Waals surface area contributed by atoms with Gasteiger partial charge in [-0.3, -0.25) is 4.79 Å². The minimum Gasteiger partial charge on any atom is -0.336 e. The predicted octanol–water partition coefficient (Wildman–Crippen LogP) is 1.91. The van der Waals surface area contributed by atoms with Crippen LogP contribution in [0.25, 0.3) is 0 Å². The van der Waals surface area contributed by atoms with Gasteiger partial charge in [-0.15, -0.1) is 0 Å². The highest BCUT2D eigenvalue weighted by atomic mass is 35.5. The second-order valence-electron chi connectivity index (χ2n) is 4.23. The average Bonchev–Trinajstić information content (AvgIpc) is 2.31. The summed E-state index contributed by atoms with van der Waals surface area (Å²) in [5.74, 6) is -0.816. The molecule has 92 valence electrons. The zero-order valence-corrected chi connectivity index (χ0v) is 10.3. The highest BCUT2D eigenvalue weighted by Crippen LogP contribution is 2.17. The second-order valence-corrected chi connectivity index (χ2v) is 4.67. The largest absolute Gasteiger partial charge is 0.336 e. The van der Waals surface area contributed by atoms with Gasteiger partial charge in [-0.05, 0) is 25.1 Å². The topological polar surface area (TPSA) is 32.3 Å². The molecule has 17 heavy (non-hydrogen) atoms. The molecule has 1 aromatic carbocycles. The molecule has 1 aliphatic heterocycles. The molecule has 0 bridgehead atoms. The van der Waals surface area contributed by atoms with Crippen LogP contribution in [0.1, 0.15) is 17.3 Å². The van der Waals surface area contributed by atoms with Crippen molar-refractivity contribution in [2.75, 3.05) is 19.6 Å². The first-order valence-electron chi connectivity index (χ1n) is 5.55. The molecule has 1 aliphatic rings. The minimum atomic E-state index is -0.523. The number of carbonyl (C=O) groups is 1. The lowest BCUT2D eigenvalue weighted by molar-refractivity contribution is 0.0704. The summed E-state index contributed by atoms with van der Waals surface area (Å²) in [4.78, 5) is 13.8. The molecule has 1 N–H and O–H groups in total. The Morgan fingerprint density at radius 2 is 2.35 bits per heavy atom. The molecule has 1 saturated heterocycles. The molecule has 0 aromatic heterocycles. The van der Waals surface area contributed by atoms with Gasteiger partial charge >= 0.3 is 0 Å². The van der Waals surface area contributed by atoms with Crippen LogP contribution in [-0.4, -0.2) is 36.5 Å². The van der Waals surface area contributed by atoms with E-state index in [1.807, 2.05) is 6.92 Å². The summed E-state index contributed by atoms with van der Waals surface area (Å²) < 4.78 is 13.6. The molecule has 0 radical (unpaired) electrons. The Hall–Kier alpha value is -1.13. The van der Waals surface area contributed by atoms with E-state index in [0.29, 0.717) is 18.1 Å². The lowest BCUT2D eigenvalue weighted by Gasteiger charge is -2.32. The first-order chi connectivity index (χ1) is 8.08. The van der Waals surface area contributed by atoms with Crippen LogP contribution in [0.4, 0.5) is 4.39 Å². The van der Waals surface area contributed by atoms with Crippen molar-refractivity contribution in [3.05, 3.63) is 34.6 Å². The molecule has 1 heterocycles. The van der Waals surface area contributed by atoms with E-state index in [1.165, 1.54) is 18.2 Å². The molecule has 0 unspecified atom stereocenters. The van der Waals surface area contributed by atoms with Gasteiger partial charge in [0.05, 0.1) is 5.56 Å². The van der Waals surface area contributed by atoms with Gasteiger partial charge in [0.15, 0.2) is 0 Å². The predicted molar refractivity (Wildman–Crippen MR) is 64.8 cm³/mol. The lowest BCUT2D eigenvalue weighted by atomic mass is 10.1. The van der Waals surface area contributed by atoms with E-state index in [1.54, 1.807) is 4.90 Å². The third-order valence-electron chi connectivity index (χ3n) is 2.81. The van der Waals surface area contributed by atoms with Crippen molar-refractivity contribution < 1.29 is 9.18 Å². The molecule has 5 heteroatoms. The van der Waals surface area contributed by atoms with E-state index in [4.69, 9.17) is 11.6 Å². The van der Waals surface area contributed by atoms with Gasteiger partial charge < -0.3 is 10.2 Å². The fourth-order valence-corrected chi connectivity index (χ4v) is 2.12. The van der Waals surface area contributed by atoms with Gasteiger partial charge in [-0.2, -0.15) is 0 Å². The Morgan fingerprint density at radius 3 is 3.06 bits per heavy atom. The van der Waals surface area contributed by atoms with Crippen LogP contribution in [0, 0.1) is 5.82 Å². The minimum absolute atomic E-state index is 0.0478. The van der Waals surface area contributed by atoms with Crippen LogP contribution in [0.15, 0.2) is 18.2 Å². The van der Waals surface area contributed by atoms with Crippen molar-refractivity contribution in [2.24, 2.45) is 0 Å². The summed E-state index contributed by atoms with van der Waals surface area (Å²) >= 11 is 5.78. The lowest BCUT2D eigenvalue weighted by Crippen LogP contribution is -2.51. The fourth-order valence-electron chi connectivity index (χ4n) is 1.95. The Morgan fingerprint density at radius 1 is 1.59 bits per heavy atom. The number of halogens is 2. The van der Waals surface area contributed by atoms with Gasteiger partial charge in [0.2, 0.25) is 0 Å². The summed E-state index contributed by atoms with van der Waals surface area (Å²) in [6.07, 6.45) is 0. The Bertz CT molecular complexity index is 439. The van der Waals surface area contributed by atoms with Crippen molar-refractivity contribution in [3.8, 4) is 0 Å². The normalized spacial score (nSPS) is 20.4. The summed E-state index contributed by atoms with van der Waals surface area (Å²) in [6.45, 7) is 3.91. The molecule has 1 aromatic rings. The molecule has 1 fully saturated rings. The van der Waals surface area contributed by atoms with E-state index in [0.717, 1.165) is 6.54 Å². The molecule has 1 amide bonds. The van der Waals surface area contributed by atoms with E-state index in [9.17, 15) is 9.18 Å². The van der Waals surface area contributed by atoms with Gasteiger partial charge in [-0.1, -0.05) is 11.6 Å². The van der Waals surface area contributed by atoms with Crippen molar-refractivity contribution >= 4 is 17.5 Å². The van der Waals surface area contributed by atoms with Crippen LogP contribution >= 0.6 is 11.6 Å². The van der Waals surface area contributed by atoms with Crippen molar-refractivity contribution in [2.45, 2.75) is 13.0 Å². The van der Waals surface area contributed by atoms with Gasteiger partial charge in [-0.25, -0.2) is 4.39 Å². The van der Waals surface area contributed by atoms with Crippen molar-refractivity contribution in [1.82, 2.24) is 10.2 Å². The molecule has 0 saturated carbocycles. The Labute approximate surface area is 105 Å². The molecule has 2 rings (SSSR count). The smallest absolute Gasteiger partial charge is 0.256 e. The highest BCUT2D eigenvalue weighted by molar-refractivity contribution is 6.31. The van der Waals surface area contributed by atoms with Gasteiger partial charge in [0.25, 0.3) is 5.91 Å². The maximum absolute atomic E-state index is 13.6. The van der Waals surface area contributed by atoms with Crippen LogP contribution in [0.3, 0.4) is 0 Å². The maximum atomic E-state index is 13.6. The molecule has 1 atom stereocenters. The van der Waals surface area contributed by atoms with Crippen molar-refractivity contribution in [1.29, 1.82) is 0 Å². The summed E-state index contributed by atoms with van der Waals surface area (Å²) in [7, 11) is 0. The first-order valence-corrected chi connectivity index (χ1v) is 5.93. The van der Waals surface area contributed by atoms with Crippen LogP contribution < -0.4 is 5.32 Å². The number of hydrogen-bond acceptors (Lipinski definition) is 2. The standard InChI is InChI=1S/C12H14ClFN2O/c1-8-7-16(5-4-15-8)12(17)10-6-9(13)2-3-11(10)14/h2-3,6,8,15H,4-5,7H2,1H3/t8-/m1/s1. The SMILES string of the molecule is C[C@@H]1CN(C(=O)c2cc(Cl)ccc2F)CCN1. The number of amides is 1. The number of nitrogens with one attached hydrogen (secondary N) is 1. The number of piperazine rings is 1. The highest BCUT2D eigenvalue weighted by Gasteiger charge is 2.23. The molecule has 3 nitrogen and oxygen atoms in total. The average molecular weight is 257 g/mol. The van der Waals surface area contributed by atoms with E-state index in [-0.39, 0.29) is 17.5 Å². The van der Waals surface area contributed by atoms with E-state index in [2.05, 4.69) is 5.32 Å². The fraction of sp³-hybridized carbons (Fsp3) is 0.417. The Kier molecular flexibility index (Phi) is 3.64. The van der Waals surface area contributed by atoms with E-state index < -0.39 is 5.82 Å². The van der Waals surface area contributed by atoms with Gasteiger partial charge in [0, 0.05) is 30.7 Å². The summed E-state index contributed by atoms with van der Waals surface area (Å²) in [5.41, 5.74) is 0.0478. The van der Waals surface area contributed by atoms with Crippen LogP contribution in [-0.2, 0) is 0 Å². The second kappa shape index (κ2) is 5.02. The zero-order valence-electron chi connectivity index (χ0n) is 9.54. The van der Waals surface area contributed by atoms with Crippen molar-refractivity contribution in [3.63, 3.8) is 0 Å². The number of nitrogens with zero attached hydrogens (tertiary/aromatic N) is 1. The first kappa shape index (κ1) is 12.3. The third-order valence-corrected chi connectivity index (χ3v) is 3.05.